The summed E-state index contributed by atoms with van der Waals surface area (Å²) in [6.07, 6.45) is 4.18. The van der Waals surface area contributed by atoms with Crippen LogP contribution in [0.5, 0.6) is 0 Å². The first kappa shape index (κ1) is 12.8. The predicted molar refractivity (Wildman–Crippen MR) is 64.8 cm³/mol. The molecule has 0 bridgehead atoms. The van der Waals surface area contributed by atoms with Crippen molar-refractivity contribution < 1.29 is 0 Å². The van der Waals surface area contributed by atoms with Gasteiger partial charge in [-0.2, -0.15) is 0 Å². The van der Waals surface area contributed by atoms with Gasteiger partial charge in [-0.25, -0.2) is 0 Å². The maximum absolute atomic E-state index is 2.17. The van der Waals surface area contributed by atoms with Crippen LogP contribution in [0.3, 0.4) is 0 Å². The number of nitrogens with zero attached hydrogens (tertiary/aromatic N) is 1. The zero-order valence-electron chi connectivity index (χ0n) is 9.91. The maximum atomic E-state index is 2.17. The van der Waals surface area contributed by atoms with Crippen LogP contribution < -0.4 is 0 Å². The monoisotopic (exact) mass is 191 g/mol. The minimum absolute atomic E-state index is 1.26. The number of aromatic nitrogens is 1. The molecule has 0 amide bonds. The lowest BCUT2D eigenvalue weighted by Crippen LogP contribution is -1.75. The van der Waals surface area contributed by atoms with Gasteiger partial charge in [0.2, 0.25) is 0 Å². The first-order chi connectivity index (χ1) is 6.86. The molecule has 1 heteroatoms. The van der Waals surface area contributed by atoms with Crippen molar-refractivity contribution >= 4 is 5.52 Å². The lowest BCUT2D eigenvalue weighted by Gasteiger charge is -1.88. The van der Waals surface area contributed by atoms with E-state index in [2.05, 4.69) is 41.9 Å². The van der Waals surface area contributed by atoms with Crippen molar-refractivity contribution in [2.45, 2.75) is 34.6 Å². The largest absolute Gasteiger partial charge is 0.324 e. The summed E-state index contributed by atoms with van der Waals surface area (Å²) < 4.78 is 2.12. The Morgan fingerprint density at radius 2 is 1.64 bits per heavy atom. The molecule has 0 spiro atoms. The normalized spacial score (nSPS) is 8.36. The van der Waals surface area contributed by atoms with E-state index in [9.17, 15) is 0 Å². The Morgan fingerprint density at radius 1 is 1.00 bits per heavy atom. The number of rotatable bonds is 0. The lowest BCUT2D eigenvalue weighted by atomic mass is 10.3. The van der Waals surface area contributed by atoms with Gasteiger partial charge in [0.25, 0.3) is 0 Å². The van der Waals surface area contributed by atoms with Crippen LogP contribution in [0.15, 0.2) is 36.7 Å². The molecule has 2 rings (SSSR count). The van der Waals surface area contributed by atoms with E-state index < -0.39 is 0 Å². The molecule has 2 aromatic rings. The molecule has 0 saturated heterocycles. The Morgan fingerprint density at radius 3 is 2.21 bits per heavy atom. The molecule has 78 valence electrons. The summed E-state index contributed by atoms with van der Waals surface area (Å²) in [5.74, 6) is 0. The predicted octanol–water partition coefficient (Wildman–Crippen LogP) is 4.30. The van der Waals surface area contributed by atoms with Gasteiger partial charge in [0.1, 0.15) is 0 Å². The zero-order chi connectivity index (χ0) is 11.0. The van der Waals surface area contributed by atoms with Gasteiger partial charge in [0, 0.05) is 17.9 Å². The highest BCUT2D eigenvalue weighted by Gasteiger charge is 1.90. The van der Waals surface area contributed by atoms with Crippen LogP contribution in [0.1, 0.15) is 33.3 Å². The Kier molecular flexibility index (Phi) is 6.55. The van der Waals surface area contributed by atoms with Crippen LogP contribution in [0.4, 0.5) is 0 Å². The standard InChI is InChI=1S/C9H9N.2C2H6/c1-8-6-9-4-2-3-5-10(9)7-8;2*1-2/h2-7H,1H3;2*1-2H3. The van der Waals surface area contributed by atoms with Gasteiger partial charge in [-0.05, 0) is 30.7 Å². The average molecular weight is 191 g/mol. The number of pyridine rings is 1. The van der Waals surface area contributed by atoms with Crippen molar-refractivity contribution in [3.05, 3.63) is 42.2 Å². The van der Waals surface area contributed by atoms with Crippen molar-refractivity contribution in [2.75, 3.05) is 0 Å². The van der Waals surface area contributed by atoms with E-state index >= 15 is 0 Å². The molecule has 0 radical (unpaired) electrons. The molecule has 2 aromatic heterocycles. The topological polar surface area (TPSA) is 4.41 Å². The van der Waals surface area contributed by atoms with Crippen LogP contribution in [0, 0.1) is 6.92 Å². The molecule has 0 aliphatic heterocycles. The van der Waals surface area contributed by atoms with Crippen molar-refractivity contribution in [1.29, 1.82) is 0 Å². The quantitative estimate of drug-likeness (QED) is 0.585. The summed E-state index contributed by atoms with van der Waals surface area (Å²) in [6.45, 7) is 10.1. The first-order valence-corrected chi connectivity index (χ1v) is 5.39. The molecule has 0 aliphatic carbocycles. The van der Waals surface area contributed by atoms with Crippen LogP contribution in [0.2, 0.25) is 0 Å². The zero-order valence-corrected chi connectivity index (χ0v) is 9.91. The van der Waals surface area contributed by atoms with Crippen molar-refractivity contribution in [3.63, 3.8) is 0 Å². The maximum Gasteiger partial charge on any atom is 0.0452 e. The molecule has 0 aromatic carbocycles. The van der Waals surface area contributed by atoms with Gasteiger partial charge < -0.3 is 4.40 Å². The SMILES string of the molecule is CC.CC.Cc1cc2ccccn2c1. The van der Waals surface area contributed by atoms with E-state index in [-0.39, 0.29) is 0 Å². The highest BCUT2D eigenvalue weighted by atomic mass is 14.8. The van der Waals surface area contributed by atoms with Gasteiger partial charge >= 0.3 is 0 Å². The lowest BCUT2D eigenvalue weighted by molar-refractivity contribution is 1.19. The molecule has 0 aliphatic rings. The Labute approximate surface area is 87.4 Å². The number of aryl methyl sites for hydroxylation is 1. The van der Waals surface area contributed by atoms with Gasteiger partial charge in [0.15, 0.2) is 0 Å². The minimum atomic E-state index is 1.26. The second kappa shape index (κ2) is 7.19. The van der Waals surface area contributed by atoms with Gasteiger partial charge in [-0.15, -0.1) is 0 Å². The summed E-state index contributed by atoms with van der Waals surface area (Å²) in [5, 5.41) is 0. The summed E-state index contributed by atoms with van der Waals surface area (Å²) in [6, 6.07) is 8.36. The van der Waals surface area contributed by atoms with Crippen LogP contribution >= 0.6 is 0 Å². The van der Waals surface area contributed by atoms with Crippen molar-refractivity contribution in [1.82, 2.24) is 4.40 Å². The number of hydrogen-bond acceptors (Lipinski definition) is 0. The molecule has 0 unspecified atom stereocenters. The fourth-order valence-electron chi connectivity index (χ4n) is 1.20. The molecule has 2 heterocycles. The third-order valence-electron chi connectivity index (χ3n) is 1.64. The van der Waals surface area contributed by atoms with Gasteiger partial charge in [-0.1, -0.05) is 33.8 Å². The molecule has 0 fully saturated rings. The van der Waals surface area contributed by atoms with Crippen LogP contribution in [0.25, 0.3) is 5.52 Å². The highest BCUT2D eigenvalue weighted by molar-refractivity contribution is 5.49. The van der Waals surface area contributed by atoms with E-state index in [1.54, 1.807) is 0 Å². The molecule has 0 atom stereocenters. The van der Waals surface area contributed by atoms with Crippen LogP contribution in [-0.2, 0) is 0 Å². The summed E-state index contributed by atoms with van der Waals surface area (Å²) in [5.41, 5.74) is 2.58. The Hall–Kier alpha value is -1.24. The van der Waals surface area contributed by atoms with Crippen molar-refractivity contribution in [2.24, 2.45) is 0 Å². The second-order valence-electron chi connectivity index (χ2n) is 2.55. The highest BCUT2D eigenvalue weighted by Crippen LogP contribution is 2.07. The van der Waals surface area contributed by atoms with Gasteiger partial charge in [-0.3, -0.25) is 0 Å². The molecule has 0 N–H and O–H groups in total. The summed E-state index contributed by atoms with van der Waals surface area (Å²) in [4.78, 5) is 0. The summed E-state index contributed by atoms with van der Waals surface area (Å²) in [7, 11) is 0. The molecular weight excluding hydrogens is 170 g/mol. The molecule has 14 heavy (non-hydrogen) atoms. The van der Waals surface area contributed by atoms with E-state index in [1.165, 1.54) is 11.1 Å². The molecular formula is C13H21N. The fourth-order valence-corrected chi connectivity index (χ4v) is 1.20. The average Bonchev–Trinajstić information content (AvgIpc) is 2.64. The van der Waals surface area contributed by atoms with Gasteiger partial charge in [0.05, 0.1) is 0 Å². The van der Waals surface area contributed by atoms with Crippen molar-refractivity contribution in [3.8, 4) is 0 Å². The fraction of sp³-hybridized carbons (Fsp3) is 0.385. The molecule has 0 saturated carbocycles. The number of fused-ring (bicyclic) bond motifs is 1. The van der Waals surface area contributed by atoms with E-state index in [0.717, 1.165) is 0 Å². The Bertz CT molecular complexity index is 314. The third kappa shape index (κ3) is 3.25. The van der Waals surface area contributed by atoms with E-state index in [0.29, 0.717) is 0 Å². The van der Waals surface area contributed by atoms with E-state index in [4.69, 9.17) is 0 Å². The summed E-state index contributed by atoms with van der Waals surface area (Å²) >= 11 is 0. The Balaban J connectivity index is 0.000000379. The first-order valence-electron chi connectivity index (χ1n) is 5.39. The third-order valence-corrected chi connectivity index (χ3v) is 1.64. The van der Waals surface area contributed by atoms with Crippen LogP contribution in [-0.4, -0.2) is 4.40 Å². The number of hydrogen-bond donors (Lipinski definition) is 0. The smallest absolute Gasteiger partial charge is 0.0452 e. The van der Waals surface area contributed by atoms with E-state index in [1.807, 2.05) is 33.8 Å². The molecule has 1 nitrogen and oxygen atoms in total. The minimum Gasteiger partial charge on any atom is -0.324 e. The second-order valence-corrected chi connectivity index (χ2v) is 2.55.